The lowest BCUT2D eigenvalue weighted by Gasteiger charge is -2.25. The monoisotopic (exact) mass is 444 g/mol. The van der Waals surface area contributed by atoms with Crippen LogP contribution in [0.4, 0.5) is 26.1 Å². The largest absolute Gasteiger partial charge is 0.393 e. The first-order valence-electron chi connectivity index (χ1n) is 9.03. The van der Waals surface area contributed by atoms with Gasteiger partial charge in [0, 0.05) is 23.7 Å². The summed E-state index contributed by atoms with van der Waals surface area (Å²) < 4.78 is 27.5. The van der Waals surface area contributed by atoms with E-state index in [4.69, 9.17) is 23.2 Å². The first kappa shape index (κ1) is 21.8. The zero-order chi connectivity index (χ0) is 21.2. The molecule has 1 unspecified atom stereocenters. The zero-order valence-electron chi connectivity index (χ0n) is 15.9. The van der Waals surface area contributed by atoms with Gasteiger partial charge >= 0.3 is 0 Å². The van der Waals surface area contributed by atoms with E-state index in [9.17, 15) is 13.9 Å². The van der Waals surface area contributed by atoms with Crippen LogP contribution in [0.25, 0.3) is 0 Å². The number of nitrogen functional groups attached to an aromatic ring is 1. The summed E-state index contributed by atoms with van der Waals surface area (Å²) in [4.78, 5) is 10.2. The summed E-state index contributed by atoms with van der Waals surface area (Å²) in [6.07, 6.45) is -0.852. The highest BCUT2D eigenvalue weighted by molar-refractivity contribution is 7.99. The number of aliphatic hydroxyl groups excluding tert-OH is 1. The fourth-order valence-corrected chi connectivity index (χ4v) is 3.84. The molecule has 5 N–H and O–H groups in total. The summed E-state index contributed by atoms with van der Waals surface area (Å²) in [5, 5.41) is 11.7. The summed E-state index contributed by atoms with van der Waals surface area (Å²) in [6.45, 7) is 1.52. The summed E-state index contributed by atoms with van der Waals surface area (Å²) >= 11 is 7.41. The van der Waals surface area contributed by atoms with Gasteiger partial charge in [-0.2, -0.15) is 0 Å². The van der Waals surface area contributed by atoms with Crippen molar-refractivity contribution in [2.75, 3.05) is 34.5 Å². The number of anilines is 3. The number of aliphatic hydroxyl groups is 1. The van der Waals surface area contributed by atoms with E-state index in [2.05, 4.69) is 9.97 Å². The van der Waals surface area contributed by atoms with Crippen LogP contribution in [0.5, 0.6) is 0 Å². The van der Waals surface area contributed by atoms with Crippen molar-refractivity contribution in [1.82, 2.24) is 9.97 Å². The molecule has 158 valence electrons. The van der Waals surface area contributed by atoms with Crippen molar-refractivity contribution >= 4 is 40.7 Å². The fourth-order valence-electron chi connectivity index (χ4n) is 2.95. The predicted molar refractivity (Wildman–Crippen MR) is 112 cm³/mol. The van der Waals surface area contributed by atoms with Crippen LogP contribution in [0.3, 0.4) is 0 Å². The molecular weight excluding hydrogens is 422 g/mol. The Morgan fingerprint density at radius 3 is 2.72 bits per heavy atom. The molecule has 1 aliphatic heterocycles. The van der Waals surface area contributed by atoms with E-state index in [0.717, 1.165) is 5.56 Å². The lowest BCUT2D eigenvalue weighted by molar-refractivity contribution is 0.0257. The molecule has 29 heavy (non-hydrogen) atoms. The van der Waals surface area contributed by atoms with Gasteiger partial charge in [-0.05, 0) is 18.6 Å². The van der Waals surface area contributed by atoms with Crippen molar-refractivity contribution in [1.29, 1.82) is 0 Å². The van der Waals surface area contributed by atoms with E-state index in [1.807, 2.05) is 18.2 Å². The molecule has 0 saturated carbocycles. The predicted octanol–water partition coefficient (Wildman–Crippen LogP) is 2.91. The number of nitrogens with two attached hydrogens (primary N) is 2. The molecule has 11 heteroatoms. The molecule has 2 aromatic rings. The van der Waals surface area contributed by atoms with Gasteiger partial charge in [-0.15, -0.1) is 0 Å². The van der Waals surface area contributed by atoms with Crippen LogP contribution in [0.1, 0.15) is 18.9 Å². The summed E-state index contributed by atoms with van der Waals surface area (Å²) in [6, 6.07) is 7.21. The average molecular weight is 445 g/mol. The third-order valence-corrected chi connectivity index (χ3v) is 5.84. The number of hydrogen-bond donors (Lipinski definition) is 3. The number of benzene rings is 1. The molecule has 0 radical (unpaired) electrons. The molecule has 0 aliphatic carbocycles. The number of hydrogen-bond acceptors (Lipinski definition) is 8. The van der Waals surface area contributed by atoms with Crippen LogP contribution in [0, 0.1) is 0 Å². The second kappa shape index (κ2) is 8.86. The number of alkyl halides is 2. The molecule has 1 fully saturated rings. The second-order valence-electron chi connectivity index (χ2n) is 6.97. The first-order chi connectivity index (χ1) is 13.7. The first-order valence-corrected chi connectivity index (χ1v) is 10.4. The molecule has 2 heterocycles. The molecule has 1 aromatic heterocycles. The van der Waals surface area contributed by atoms with Gasteiger partial charge in [0.25, 0.3) is 5.92 Å². The molecule has 0 bridgehead atoms. The quantitative estimate of drug-likeness (QED) is 0.259. The van der Waals surface area contributed by atoms with Crippen molar-refractivity contribution < 1.29 is 13.9 Å². The van der Waals surface area contributed by atoms with Crippen LogP contribution in [0.15, 0.2) is 29.4 Å². The Morgan fingerprint density at radius 2 is 2.10 bits per heavy atom. The minimum atomic E-state index is -2.80. The minimum absolute atomic E-state index is 0.124. The number of halogens is 3. The Balaban J connectivity index is 1.94. The lowest BCUT2D eigenvalue weighted by Crippen LogP contribution is -2.33. The van der Waals surface area contributed by atoms with Gasteiger partial charge < -0.3 is 15.7 Å². The Morgan fingerprint density at radius 1 is 1.38 bits per heavy atom. The van der Waals surface area contributed by atoms with Gasteiger partial charge in [-0.1, -0.05) is 41.6 Å². The van der Waals surface area contributed by atoms with E-state index in [0.29, 0.717) is 15.9 Å². The molecule has 1 saturated heterocycles. The molecule has 1 aromatic carbocycles. The van der Waals surface area contributed by atoms with Gasteiger partial charge in [-0.3, -0.25) is 5.01 Å². The van der Waals surface area contributed by atoms with Crippen molar-refractivity contribution in [3.63, 3.8) is 0 Å². The highest BCUT2D eigenvalue weighted by Gasteiger charge is 2.40. The van der Waals surface area contributed by atoms with Gasteiger partial charge in [0.15, 0.2) is 16.8 Å². The standard InChI is InChI=1S/C18H23ClF2N6OS/c1-11(28)9-29-17-24-15(26-7-6-18(20,21)10-26)14(22)16(25-17)27(23)8-12-4-2-3-5-13(12)19/h2-5,11,28H,6-10,22-23H2,1H3. The third-order valence-electron chi connectivity index (χ3n) is 4.38. The van der Waals surface area contributed by atoms with Gasteiger partial charge in [0.05, 0.1) is 19.2 Å². The van der Waals surface area contributed by atoms with E-state index in [1.54, 1.807) is 13.0 Å². The maximum Gasteiger partial charge on any atom is 0.266 e. The van der Waals surface area contributed by atoms with Gasteiger partial charge in [0.2, 0.25) is 0 Å². The van der Waals surface area contributed by atoms with Crippen LogP contribution < -0.4 is 21.5 Å². The number of hydrazine groups is 1. The van der Waals surface area contributed by atoms with Crippen LogP contribution in [-0.2, 0) is 6.54 Å². The van der Waals surface area contributed by atoms with Crippen LogP contribution in [-0.4, -0.2) is 45.9 Å². The zero-order valence-corrected chi connectivity index (χ0v) is 17.4. The summed E-state index contributed by atoms with van der Waals surface area (Å²) in [5.41, 5.74) is 7.13. The fraction of sp³-hybridized carbons (Fsp3) is 0.444. The summed E-state index contributed by atoms with van der Waals surface area (Å²) in [7, 11) is 0. The summed E-state index contributed by atoms with van der Waals surface area (Å²) in [5.74, 6) is 4.20. The maximum absolute atomic E-state index is 13.7. The Kier molecular flexibility index (Phi) is 6.67. The van der Waals surface area contributed by atoms with E-state index < -0.39 is 18.6 Å². The van der Waals surface area contributed by atoms with Crippen LogP contribution >= 0.6 is 23.4 Å². The van der Waals surface area contributed by atoms with Crippen molar-refractivity contribution in [2.24, 2.45) is 5.84 Å². The van der Waals surface area contributed by atoms with Crippen molar-refractivity contribution in [3.05, 3.63) is 34.9 Å². The third kappa shape index (κ3) is 5.39. The highest BCUT2D eigenvalue weighted by Crippen LogP contribution is 2.37. The Bertz CT molecular complexity index is 872. The number of nitrogens with zero attached hydrogens (tertiary/aromatic N) is 4. The normalized spacial score (nSPS) is 16.8. The minimum Gasteiger partial charge on any atom is -0.393 e. The Labute approximate surface area is 177 Å². The Hall–Kier alpha value is -1.88. The number of thioether (sulfide) groups is 1. The molecule has 3 rings (SSSR count). The van der Waals surface area contributed by atoms with E-state index >= 15 is 0 Å². The van der Waals surface area contributed by atoms with Crippen LogP contribution in [0.2, 0.25) is 5.02 Å². The van der Waals surface area contributed by atoms with Crippen molar-refractivity contribution in [3.8, 4) is 0 Å². The molecule has 0 amide bonds. The van der Waals surface area contributed by atoms with Gasteiger partial charge in [0.1, 0.15) is 5.69 Å². The topological polar surface area (TPSA) is 105 Å². The molecule has 1 aliphatic rings. The SMILES string of the molecule is CC(O)CSc1nc(N(N)Cc2ccccc2Cl)c(N)c(N2CCC(F)(F)C2)n1. The number of aromatic nitrogens is 2. The lowest BCUT2D eigenvalue weighted by atomic mass is 10.2. The van der Waals surface area contributed by atoms with E-state index in [1.165, 1.54) is 21.7 Å². The molecule has 1 atom stereocenters. The highest BCUT2D eigenvalue weighted by atomic mass is 35.5. The van der Waals surface area contributed by atoms with E-state index in [-0.39, 0.29) is 36.8 Å². The second-order valence-corrected chi connectivity index (χ2v) is 8.37. The molecule has 0 spiro atoms. The maximum atomic E-state index is 13.7. The molecular formula is C18H23ClF2N6OS. The smallest absolute Gasteiger partial charge is 0.266 e. The van der Waals surface area contributed by atoms with Crippen molar-refractivity contribution in [2.45, 2.75) is 37.1 Å². The number of rotatable bonds is 7. The molecule has 7 nitrogen and oxygen atoms in total. The average Bonchev–Trinajstić information content (AvgIpc) is 3.02. The van der Waals surface area contributed by atoms with Gasteiger partial charge in [-0.25, -0.2) is 24.6 Å².